The lowest BCUT2D eigenvalue weighted by molar-refractivity contribution is -0.120. The van der Waals surface area contributed by atoms with Crippen molar-refractivity contribution in [2.24, 2.45) is 5.92 Å². The van der Waals surface area contributed by atoms with Crippen molar-refractivity contribution >= 4 is 18.3 Å². The fourth-order valence-electron chi connectivity index (χ4n) is 2.61. The van der Waals surface area contributed by atoms with Gasteiger partial charge < -0.3 is 15.4 Å². The summed E-state index contributed by atoms with van der Waals surface area (Å²) in [5, 5.41) is 6.16. The molecule has 0 atom stereocenters. The number of hydrogen-bond acceptors (Lipinski definition) is 3. The van der Waals surface area contributed by atoms with Gasteiger partial charge in [0, 0.05) is 6.54 Å². The predicted molar refractivity (Wildman–Crippen MR) is 107 cm³/mol. The Bertz CT molecular complexity index is 657. The van der Waals surface area contributed by atoms with Crippen LogP contribution in [-0.2, 0) is 17.8 Å². The maximum atomic E-state index is 11.7. The summed E-state index contributed by atoms with van der Waals surface area (Å²) in [6, 6.07) is 18.2. The minimum Gasteiger partial charge on any atom is -0.489 e. The van der Waals surface area contributed by atoms with E-state index in [2.05, 4.69) is 34.9 Å². The number of carbonyl (C=O) groups is 1. The monoisotopic (exact) mass is 374 g/mol. The third-order valence-corrected chi connectivity index (χ3v) is 4.32. The van der Waals surface area contributed by atoms with Gasteiger partial charge in [0.1, 0.15) is 12.4 Å². The van der Waals surface area contributed by atoms with E-state index < -0.39 is 0 Å². The van der Waals surface area contributed by atoms with E-state index >= 15 is 0 Å². The van der Waals surface area contributed by atoms with Gasteiger partial charge in [-0.05, 0) is 55.0 Å². The summed E-state index contributed by atoms with van der Waals surface area (Å²) in [4.78, 5) is 11.7. The van der Waals surface area contributed by atoms with Crippen molar-refractivity contribution < 1.29 is 9.53 Å². The molecule has 0 aromatic heterocycles. The second-order valence-corrected chi connectivity index (χ2v) is 6.59. The number of halogens is 1. The molecule has 0 spiro atoms. The summed E-state index contributed by atoms with van der Waals surface area (Å²) in [6.07, 6.45) is 3.44. The van der Waals surface area contributed by atoms with Crippen molar-refractivity contribution in [3.05, 3.63) is 65.7 Å². The van der Waals surface area contributed by atoms with Crippen LogP contribution in [0.5, 0.6) is 5.75 Å². The Hall–Kier alpha value is -2.04. The molecule has 3 rings (SSSR count). The van der Waals surface area contributed by atoms with E-state index in [0.29, 0.717) is 19.7 Å². The van der Waals surface area contributed by atoms with Crippen LogP contribution >= 0.6 is 12.4 Å². The van der Waals surface area contributed by atoms with Gasteiger partial charge in [-0.25, -0.2) is 0 Å². The van der Waals surface area contributed by atoms with Crippen LogP contribution in [-0.4, -0.2) is 25.5 Å². The first-order valence-corrected chi connectivity index (χ1v) is 9.03. The van der Waals surface area contributed by atoms with Crippen LogP contribution in [0.1, 0.15) is 24.0 Å². The Kier molecular flexibility index (Phi) is 8.45. The maximum Gasteiger partial charge on any atom is 0.233 e. The van der Waals surface area contributed by atoms with Crippen LogP contribution in [0.4, 0.5) is 0 Å². The molecule has 4 nitrogen and oxygen atoms in total. The van der Waals surface area contributed by atoms with Gasteiger partial charge in [0.15, 0.2) is 0 Å². The molecular weight excluding hydrogens is 348 g/mol. The molecule has 0 aliphatic heterocycles. The van der Waals surface area contributed by atoms with Gasteiger partial charge in [-0.15, -0.1) is 12.4 Å². The molecule has 1 aliphatic carbocycles. The lowest BCUT2D eigenvalue weighted by Crippen LogP contribution is -2.35. The molecule has 1 amide bonds. The van der Waals surface area contributed by atoms with Crippen molar-refractivity contribution in [1.82, 2.24) is 10.6 Å². The molecule has 1 saturated carbocycles. The lowest BCUT2D eigenvalue weighted by Gasteiger charge is -2.08. The summed E-state index contributed by atoms with van der Waals surface area (Å²) >= 11 is 0. The highest BCUT2D eigenvalue weighted by molar-refractivity contribution is 5.85. The van der Waals surface area contributed by atoms with Crippen molar-refractivity contribution in [3.63, 3.8) is 0 Å². The van der Waals surface area contributed by atoms with Gasteiger partial charge in [0.25, 0.3) is 0 Å². The third kappa shape index (κ3) is 7.46. The van der Waals surface area contributed by atoms with Crippen molar-refractivity contribution in [3.8, 4) is 5.75 Å². The van der Waals surface area contributed by atoms with Crippen LogP contribution < -0.4 is 15.4 Å². The molecule has 1 aliphatic rings. The number of carbonyl (C=O) groups excluding carboxylic acids is 1. The predicted octanol–water partition coefficient (Wildman–Crippen LogP) is 3.35. The maximum absolute atomic E-state index is 11.7. The minimum atomic E-state index is 0. The fourth-order valence-corrected chi connectivity index (χ4v) is 2.61. The van der Waals surface area contributed by atoms with Gasteiger partial charge in [-0.2, -0.15) is 0 Å². The summed E-state index contributed by atoms with van der Waals surface area (Å²) in [5.74, 6) is 1.74. The van der Waals surface area contributed by atoms with E-state index in [1.54, 1.807) is 0 Å². The molecule has 0 heterocycles. The normalized spacial score (nSPS) is 12.9. The second kappa shape index (κ2) is 10.8. The number of amides is 1. The van der Waals surface area contributed by atoms with Crippen LogP contribution in [0.2, 0.25) is 0 Å². The van der Waals surface area contributed by atoms with Crippen LogP contribution in [0.25, 0.3) is 0 Å². The summed E-state index contributed by atoms with van der Waals surface area (Å²) in [6.45, 7) is 2.62. The van der Waals surface area contributed by atoms with Gasteiger partial charge in [0.05, 0.1) is 6.54 Å². The Labute approximate surface area is 161 Å². The Morgan fingerprint density at radius 1 is 1.00 bits per heavy atom. The first kappa shape index (κ1) is 20.3. The molecule has 140 valence electrons. The average Bonchev–Trinajstić information content (AvgIpc) is 3.46. The molecule has 5 heteroatoms. The average molecular weight is 375 g/mol. The Morgan fingerprint density at radius 2 is 1.73 bits per heavy atom. The van der Waals surface area contributed by atoms with E-state index in [4.69, 9.17) is 4.74 Å². The lowest BCUT2D eigenvalue weighted by atomic mass is 10.1. The molecular formula is C21H27ClN2O2. The van der Waals surface area contributed by atoms with E-state index in [9.17, 15) is 4.79 Å². The number of hydrogen-bond donors (Lipinski definition) is 2. The Morgan fingerprint density at radius 3 is 2.42 bits per heavy atom. The first-order valence-electron chi connectivity index (χ1n) is 9.03. The van der Waals surface area contributed by atoms with E-state index in [-0.39, 0.29) is 18.3 Å². The van der Waals surface area contributed by atoms with Gasteiger partial charge >= 0.3 is 0 Å². The zero-order valence-corrected chi connectivity index (χ0v) is 15.8. The molecule has 1 fully saturated rings. The smallest absolute Gasteiger partial charge is 0.233 e. The Balaban J connectivity index is 0.00000243. The SMILES string of the molecule is Cl.O=C(CNCC1CC1)NCCc1ccc(OCc2ccccc2)cc1. The summed E-state index contributed by atoms with van der Waals surface area (Å²) in [5.41, 5.74) is 2.35. The highest BCUT2D eigenvalue weighted by atomic mass is 35.5. The second-order valence-electron chi connectivity index (χ2n) is 6.59. The van der Waals surface area contributed by atoms with Crippen LogP contribution in [0.3, 0.4) is 0 Å². The number of benzene rings is 2. The zero-order chi connectivity index (χ0) is 17.3. The zero-order valence-electron chi connectivity index (χ0n) is 14.9. The third-order valence-electron chi connectivity index (χ3n) is 4.32. The van der Waals surface area contributed by atoms with Crippen molar-refractivity contribution in [2.75, 3.05) is 19.6 Å². The summed E-state index contributed by atoms with van der Waals surface area (Å²) in [7, 11) is 0. The summed E-state index contributed by atoms with van der Waals surface area (Å²) < 4.78 is 5.78. The molecule has 0 saturated heterocycles. The molecule has 26 heavy (non-hydrogen) atoms. The van der Waals surface area contributed by atoms with Crippen molar-refractivity contribution in [1.29, 1.82) is 0 Å². The standard InChI is InChI=1S/C21H26N2O2.ClH/c24-21(15-22-14-18-6-7-18)23-13-12-17-8-10-20(11-9-17)25-16-19-4-2-1-3-5-19;/h1-5,8-11,18,22H,6-7,12-16H2,(H,23,24);1H. The molecule has 2 aromatic rings. The molecule has 0 bridgehead atoms. The highest BCUT2D eigenvalue weighted by Gasteiger charge is 2.20. The molecule has 2 aromatic carbocycles. The quantitative estimate of drug-likeness (QED) is 0.670. The first-order chi connectivity index (χ1) is 12.3. The number of nitrogens with one attached hydrogen (secondary N) is 2. The number of rotatable bonds is 10. The topological polar surface area (TPSA) is 50.4 Å². The molecule has 0 unspecified atom stereocenters. The highest BCUT2D eigenvalue weighted by Crippen LogP contribution is 2.27. The largest absolute Gasteiger partial charge is 0.489 e. The van der Waals surface area contributed by atoms with Gasteiger partial charge in [-0.1, -0.05) is 42.5 Å². The van der Waals surface area contributed by atoms with Gasteiger partial charge in [-0.3, -0.25) is 4.79 Å². The van der Waals surface area contributed by atoms with Gasteiger partial charge in [0.2, 0.25) is 5.91 Å². The van der Waals surface area contributed by atoms with Crippen molar-refractivity contribution in [2.45, 2.75) is 25.9 Å². The molecule has 0 radical (unpaired) electrons. The van der Waals surface area contributed by atoms with Crippen LogP contribution in [0, 0.1) is 5.92 Å². The van der Waals surface area contributed by atoms with E-state index in [1.165, 1.54) is 18.4 Å². The minimum absolute atomic E-state index is 0. The van der Waals surface area contributed by atoms with E-state index in [0.717, 1.165) is 30.2 Å². The molecule has 2 N–H and O–H groups in total. The van der Waals surface area contributed by atoms with E-state index in [1.807, 2.05) is 30.3 Å². The number of ether oxygens (including phenoxy) is 1. The van der Waals surface area contributed by atoms with Crippen LogP contribution in [0.15, 0.2) is 54.6 Å². The fraction of sp³-hybridized carbons (Fsp3) is 0.381.